The van der Waals surface area contributed by atoms with E-state index in [0.717, 1.165) is 6.26 Å². The van der Waals surface area contributed by atoms with Gasteiger partial charge in [0, 0.05) is 19.3 Å². The second-order valence-corrected chi connectivity index (χ2v) is 8.99. The molecule has 0 atom stereocenters. The van der Waals surface area contributed by atoms with E-state index < -0.39 is 19.9 Å². The van der Waals surface area contributed by atoms with Crippen LogP contribution in [-0.4, -0.2) is 76.4 Å². The van der Waals surface area contributed by atoms with Gasteiger partial charge in [0.25, 0.3) is 0 Å². The van der Waals surface area contributed by atoms with Crippen LogP contribution in [0.5, 0.6) is 0 Å². The standard InChI is InChI=1S/C10H21NO6S2/c1-18(13,14)8-9-19(15,16)11-4-2-10(3-5-11)17-7-6-12/h10,12H,2-9H2,1H3. The van der Waals surface area contributed by atoms with Gasteiger partial charge in [-0.3, -0.25) is 0 Å². The third-order valence-corrected chi connectivity index (χ3v) is 6.03. The maximum Gasteiger partial charge on any atom is 0.215 e. The first-order chi connectivity index (χ1) is 8.74. The van der Waals surface area contributed by atoms with Gasteiger partial charge in [0.2, 0.25) is 10.0 Å². The zero-order chi connectivity index (χ0) is 14.5. The molecule has 1 saturated heterocycles. The molecule has 1 heterocycles. The molecule has 0 aromatic rings. The van der Waals surface area contributed by atoms with Crippen molar-refractivity contribution in [3.8, 4) is 0 Å². The van der Waals surface area contributed by atoms with Gasteiger partial charge < -0.3 is 9.84 Å². The number of piperidine rings is 1. The summed E-state index contributed by atoms with van der Waals surface area (Å²) in [6.07, 6.45) is 2.13. The average Bonchev–Trinajstić information content (AvgIpc) is 2.34. The number of rotatable bonds is 7. The largest absolute Gasteiger partial charge is 0.394 e. The van der Waals surface area contributed by atoms with E-state index in [-0.39, 0.29) is 30.8 Å². The number of hydrogen-bond donors (Lipinski definition) is 1. The van der Waals surface area contributed by atoms with Gasteiger partial charge in [-0.25, -0.2) is 21.1 Å². The van der Waals surface area contributed by atoms with Gasteiger partial charge >= 0.3 is 0 Å². The van der Waals surface area contributed by atoms with Crippen LogP contribution < -0.4 is 0 Å². The van der Waals surface area contributed by atoms with Crippen molar-refractivity contribution < 1.29 is 26.7 Å². The van der Waals surface area contributed by atoms with Gasteiger partial charge in [0.1, 0.15) is 9.84 Å². The lowest BCUT2D eigenvalue weighted by Crippen LogP contribution is -2.42. The number of sulfone groups is 1. The Morgan fingerprint density at radius 3 is 2.21 bits per heavy atom. The molecular formula is C10H21NO6S2. The zero-order valence-electron chi connectivity index (χ0n) is 11.0. The normalized spacial score (nSPS) is 19.7. The fourth-order valence-electron chi connectivity index (χ4n) is 1.88. The minimum atomic E-state index is -3.51. The SMILES string of the molecule is CS(=O)(=O)CCS(=O)(=O)N1CCC(OCCO)CC1. The minimum absolute atomic E-state index is 0.0338. The summed E-state index contributed by atoms with van der Waals surface area (Å²) in [5.74, 6) is -0.718. The number of sulfonamides is 1. The first-order valence-corrected chi connectivity index (χ1v) is 9.79. The van der Waals surface area contributed by atoms with E-state index in [4.69, 9.17) is 9.84 Å². The van der Waals surface area contributed by atoms with E-state index in [1.54, 1.807) is 0 Å². The molecule has 9 heteroatoms. The second-order valence-electron chi connectivity index (χ2n) is 4.64. The Hall–Kier alpha value is -0.220. The molecule has 1 fully saturated rings. The molecule has 0 aromatic heterocycles. The van der Waals surface area contributed by atoms with Crippen LogP contribution in [0, 0.1) is 0 Å². The Balaban J connectivity index is 2.45. The maximum absolute atomic E-state index is 11.9. The predicted octanol–water partition coefficient (Wildman–Crippen LogP) is -1.17. The Labute approximate surface area is 114 Å². The molecule has 1 rings (SSSR count). The van der Waals surface area contributed by atoms with Crippen molar-refractivity contribution in [1.82, 2.24) is 4.31 Å². The number of aliphatic hydroxyl groups excluding tert-OH is 1. The van der Waals surface area contributed by atoms with Crippen molar-refractivity contribution >= 4 is 19.9 Å². The van der Waals surface area contributed by atoms with Crippen LogP contribution in [0.1, 0.15) is 12.8 Å². The number of nitrogens with zero attached hydrogens (tertiary/aromatic N) is 1. The molecule has 1 aliphatic rings. The summed E-state index contributed by atoms with van der Waals surface area (Å²) in [5, 5.41) is 8.64. The van der Waals surface area contributed by atoms with Crippen LogP contribution in [0.3, 0.4) is 0 Å². The fourth-order valence-corrected chi connectivity index (χ4v) is 4.96. The Morgan fingerprint density at radius 2 is 1.74 bits per heavy atom. The highest BCUT2D eigenvalue weighted by Crippen LogP contribution is 2.17. The monoisotopic (exact) mass is 315 g/mol. The third-order valence-electron chi connectivity index (χ3n) is 2.95. The van der Waals surface area contributed by atoms with Crippen LogP contribution in [0.15, 0.2) is 0 Å². The third kappa shape index (κ3) is 6.17. The van der Waals surface area contributed by atoms with Crippen molar-refractivity contribution in [2.24, 2.45) is 0 Å². The van der Waals surface area contributed by atoms with Crippen LogP contribution in [0.2, 0.25) is 0 Å². The lowest BCUT2D eigenvalue weighted by atomic mass is 10.1. The highest BCUT2D eigenvalue weighted by Gasteiger charge is 2.28. The number of ether oxygens (including phenoxy) is 1. The maximum atomic E-state index is 11.9. The summed E-state index contributed by atoms with van der Waals surface area (Å²) in [4.78, 5) is 0. The van der Waals surface area contributed by atoms with Gasteiger partial charge in [0.15, 0.2) is 0 Å². The topological polar surface area (TPSA) is 101 Å². The summed E-state index contributed by atoms with van der Waals surface area (Å²) in [6, 6.07) is 0. The van der Waals surface area contributed by atoms with Crippen LogP contribution in [0.4, 0.5) is 0 Å². The van der Waals surface area contributed by atoms with Crippen LogP contribution in [-0.2, 0) is 24.6 Å². The van der Waals surface area contributed by atoms with E-state index in [1.165, 1.54) is 4.31 Å². The van der Waals surface area contributed by atoms with E-state index in [0.29, 0.717) is 25.9 Å². The van der Waals surface area contributed by atoms with Gasteiger partial charge in [0.05, 0.1) is 30.8 Å². The molecule has 19 heavy (non-hydrogen) atoms. The first kappa shape index (κ1) is 16.8. The van der Waals surface area contributed by atoms with E-state index in [9.17, 15) is 16.8 Å². The van der Waals surface area contributed by atoms with E-state index >= 15 is 0 Å². The lowest BCUT2D eigenvalue weighted by Gasteiger charge is -2.31. The summed E-state index contributed by atoms with van der Waals surface area (Å²) >= 11 is 0. The molecule has 1 N–H and O–H groups in total. The summed E-state index contributed by atoms with van der Waals surface area (Å²) in [7, 11) is -6.79. The summed E-state index contributed by atoms with van der Waals surface area (Å²) in [5.41, 5.74) is 0. The molecule has 0 spiro atoms. The Morgan fingerprint density at radius 1 is 1.16 bits per heavy atom. The van der Waals surface area contributed by atoms with Gasteiger partial charge in [-0.1, -0.05) is 0 Å². The van der Waals surface area contributed by atoms with Crippen molar-refractivity contribution in [2.45, 2.75) is 18.9 Å². The highest BCUT2D eigenvalue weighted by molar-refractivity contribution is 7.93. The van der Waals surface area contributed by atoms with Crippen LogP contribution in [0.25, 0.3) is 0 Å². The Kier molecular flexibility index (Phi) is 6.18. The van der Waals surface area contributed by atoms with Crippen molar-refractivity contribution in [2.75, 3.05) is 44.1 Å². The van der Waals surface area contributed by atoms with Gasteiger partial charge in [-0.2, -0.15) is 0 Å². The summed E-state index contributed by atoms with van der Waals surface area (Å²) < 4.78 is 52.5. The molecular weight excluding hydrogens is 294 g/mol. The zero-order valence-corrected chi connectivity index (χ0v) is 12.6. The molecule has 7 nitrogen and oxygen atoms in total. The quantitative estimate of drug-likeness (QED) is 0.635. The lowest BCUT2D eigenvalue weighted by molar-refractivity contribution is 0.00320. The molecule has 0 amide bonds. The average molecular weight is 315 g/mol. The van der Waals surface area contributed by atoms with Crippen molar-refractivity contribution in [3.05, 3.63) is 0 Å². The molecule has 0 saturated carbocycles. The summed E-state index contributed by atoms with van der Waals surface area (Å²) in [6.45, 7) is 0.878. The van der Waals surface area contributed by atoms with E-state index in [2.05, 4.69) is 0 Å². The molecule has 0 radical (unpaired) electrons. The fraction of sp³-hybridized carbons (Fsp3) is 1.00. The predicted molar refractivity (Wildman–Crippen MR) is 71.1 cm³/mol. The Bertz CT molecular complexity index is 464. The minimum Gasteiger partial charge on any atom is -0.394 e. The smallest absolute Gasteiger partial charge is 0.215 e. The molecule has 0 aromatic carbocycles. The molecule has 1 aliphatic heterocycles. The number of hydrogen-bond acceptors (Lipinski definition) is 6. The molecule has 0 bridgehead atoms. The van der Waals surface area contributed by atoms with Gasteiger partial charge in [-0.15, -0.1) is 0 Å². The highest BCUT2D eigenvalue weighted by atomic mass is 32.2. The molecule has 0 unspecified atom stereocenters. The van der Waals surface area contributed by atoms with Crippen molar-refractivity contribution in [3.63, 3.8) is 0 Å². The van der Waals surface area contributed by atoms with E-state index in [1.807, 2.05) is 0 Å². The first-order valence-electron chi connectivity index (χ1n) is 6.12. The van der Waals surface area contributed by atoms with Gasteiger partial charge in [-0.05, 0) is 12.8 Å². The second kappa shape index (κ2) is 6.98. The number of aliphatic hydroxyl groups is 1. The molecule has 114 valence electrons. The van der Waals surface area contributed by atoms with Crippen LogP contribution >= 0.6 is 0 Å². The molecule has 0 aliphatic carbocycles. The van der Waals surface area contributed by atoms with Crippen molar-refractivity contribution in [1.29, 1.82) is 0 Å².